The molecule has 0 bridgehead atoms. The van der Waals surface area contributed by atoms with Gasteiger partial charge in [0.05, 0.1) is 13.7 Å². The number of nitrogens with one attached hydrogen (secondary N) is 1. The predicted octanol–water partition coefficient (Wildman–Crippen LogP) is 4.58. The Hall–Kier alpha value is -1.52. The fourth-order valence-electron chi connectivity index (χ4n) is 2.29. The molecule has 2 aromatic rings. The van der Waals surface area contributed by atoms with E-state index in [4.69, 9.17) is 9.47 Å². The number of hydrogen-bond acceptors (Lipinski definition) is 3. The number of ether oxygens (including phenoxy) is 2. The van der Waals surface area contributed by atoms with Crippen LogP contribution in [0.2, 0.25) is 0 Å². The van der Waals surface area contributed by atoms with Gasteiger partial charge >= 0.3 is 0 Å². The van der Waals surface area contributed by atoms with Crippen LogP contribution in [-0.4, -0.2) is 20.3 Å². The van der Waals surface area contributed by atoms with E-state index in [1.165, 1.54) is 11.1 Å². The molecule has 0 unspecified atom stereocenters. The molecule has 0 aliphatic carbocycles. The Morgan fingerprint density at radius 3 is 2.57 bits per heavy atom. The zero-order chi connectivity index (χ0) is 16.5. The van der Waals surface area contributed by atoms with Gasteiger partial charge in [0.25, 0.3) is 0 Å². The number of halogens is 1. The highest BCUT2D eigenvalue weighted by Crippen LogP contribution is 2.23. The SMILES string of the molecule is CCCOc1ccc(Br)cc1CNCCc1ccc(OC)cc1. The van der Waals surface area contributed by atoms with Crippen molar-refractivity contribution in [2.45, 2.75) is 26.3 Å². The average molecular weight is 378 g/mol. The maximum Gasteiger partial charge on any atom is 0.123 e. The molecule has 0 amide bonds. The van der Waals surface area contributed by atoms with Gasteiger partial charge in [0.1, 0.15) is 11.5 Å². The minimum atomic E-state index is 0.750. The highest BCUT2D eigenvalue weighted by Gasteiger charge is 2.04. The van der Waals surface area contributed by atoms with E-state index in [2.05, 4.69) is 46.4 Å². The van der Waals surface area contributed by atoms with Crippen LogP contribution in [0.25, 0.3) is 0 Å². The molecular formula is C19H24BrNO2. The minimum absolute atomic E-state index is 0.750. The third-order valence-corrected chi connectivity index (χ3v) is 4.04. The summed E-state index contributed by atoms with van der Waals surface area (Å²) in [4.78, 5) is 0. The minimum Gasteiger partial charge on any atom is -0.497 e. The normalized spacial score (nSPS) is 10.6. The van der Waals surface area contributed by atoms with Crippen molar-refractivity contribution in [2.75, 3.05) is 20.3 Å². The molecule has 0 radical (unpaired) electrons. The molecule has 0 aliphatic heterocycles. The lowest BCUT2D eigenvalue weighted by Gasteiger charge is -2.12. The fraction of sp³-hybridized carbons (Fsp3) is 0.368. The summed E-state index contributed by atoms with van der Waals surface area (Å²) in [6.45, 7) is 4.59. The van der Waals surface area contributed by atoms with Crippen LogP contribution in [0.15, 0.2) is 46.9 Å². The van der Waals surface area contributed by atoms with Gasteiger partial charge in [0.15, 0.2) is 0 Å². The van der Waals surface area contributed by atoms with Gasteiger partial charge in [0, 0.05) is 16.6 Å². The van der Waals surface area contributed by atoms with Gasteiger partial charge in [-0.25, -0.2) is 0 Å². The van der Waals surface area contributed by atoms with Crippen LogP contribution < -0.4 is 14.8 Å². The lowest BCUT2D eigenvalue weighted by atomic mass is 10.1. The van der Waals surface area contributed by atoms with Crippen LogP contribution in [0.5, 0.6) is 11.5 Å². The fourth-order valence-corrected chi connectivity index (χ4v) is 2.70. The largest absolute Gasteiger partial charge is 0.497 e. The third-order valence-electron chi connectivity index (χ3n) is 3.55. The number of benzene rings is 2. The molecule has 2 aromatic carbocycles. The maximum absolute atomic E-state index is 5.81. The zero-order valence-electron chi connectivity index (χ0n) is 13.8. The topological polar surface area (TPSA) is 30.5 Å². The maximum atomic E-state index is 5.81. The van der Waals surface area contributed by atoms with E-state index in [0.717, 1.165) is 48.5 Å². The van der Waals surface area contributed by atoms with Crippen molar-refractivity contribution in [3.8, 4) is 11.5 Å². The smallest absolute Gasteiger partial charge is 0.123 e. The first kappa shape index (κ1) is 17.8. The molecule has 0 saturated carbocycles. The molecule has 0 atom stereocenters. The van der Waals surface area contributed by atoms with Crippen LogP contribution in [-0.2, 0) is 13.0 Å². The van der Waals surface area contributed by atoms with Crippen molar-refractivity contribution in [1.29, 1.82) is 0 Å². The van der Waals surface area contributed by atoms with E-state index in [-0.39, 0.29) is 0 Å². The molecule has 0 heterocycles. The van der Waals surface area contributed by atoms with E-state index >= 15 is 0 Å². The molecule has 0 saturated heterocycles. The van der Waals surface area contributed by atoms with Gasteiger partial charge < -0.3 is 14.8 Å². The zero-order valence-corrected chi connectivity index (χ0v) is 15.4. The van der Waals surface area contributed by atoms with Crippen LogP contribution in [0.4, 0.5) is 0 Å². The summed E-state index contributed by atoms with van der Waals surface area (Å²) in [5.74, 6) is 1.86. The molecule has 0 aromatic heterocycles. The highest BCUT2D eigenvalue weighted by atomic mass is 79.9. The van der Waals surface area contributed by atoms with Gasteiger partial charge in [-0.2, -0.15) is 0 Å². The first-order valence-corrected chi connectivity index (χ1v) is 8.77. The Morgan fingerprint density at radius 1 is 1.09 bits per heavy atom. The molecule has 0 spiro atoms. The lowest BCUT2D eigenvalue weighted by molar-refractivity contribution is 0.313. The van der Waals surface area contributed by atoms with Crippen LogP contribution in [0.1, 0.15) is 24.5 Å². The summed E-state index contributed by atoms with van der Waals surface area (Å²) >= 11 is 3.53. The predicted molar refractivity (Wildman–Crippen MR) is 98.3 cm³/mol. The number of rotatable bonds is 9. The van der Waals surface area contributed by atoms with Crippen molar-refractivity contribution in [3.63, 3.8) is 0 Å². The van der Waals surface area contributed by atoms with Crippen LogP contribution in [0, 0.1) is 0 Å². The lowest BCUT2D eigenvalue weighted by Crippen LogP contribution is -2.17. The van der Waals surface area contributed by atoms with E-state index in [1.807, 2.05) is 24.3 Å². The van der Waals surface area contributed by atoms with Crippen molar-refractivity contribution >= 4 is 15.9 Å². The molecule has 124 valence electrons. The van der Waals surface area contributed by atoms with Crippen LogP contribution >= 0.6 is 15.9 Å². The highest BCUT2D eigenvalue weighted by molar-refractivity contribution is 9.10. The summed E-state index contributed by atoms with van der Waals surface area (Å²) in [6.07, 6.45) is 2.00. The summed E-state index contributed by atoms with van der Waals surface area (Å²) < 4.78 is 12.1. The van der Waals surface area contributed by atoms with E-state index in [1.54, 1.807) is 7.11 Å². The Balaban J connectivity index is 1.84. The monoisotopic (exact) mass is 377 g/mol. The number of methoxy groups -OCH3 is 1. The van der Waals surface area contributed by atoms with E-state index in [0.29, 0.717) is 0 Å². The second-order valence-corrected chi connectivity index (χ2v) is 6.29. The van der Waals surface area contributed by atoms with Gasteiger partial charge in [-0.05, 0) is 55.3 Å². The Bertz CT molecular complexity index is 599. The average Bonchev–Trinajstić information content (AvgIpc) is 2.58. The third kappa shape index (κ3) is 5.88. The van der Waals surface area contributed by atoms with Crippen molar-refractivity contribution in [3.05, 3.63) is 58.1 Å². The van der Waals surface area contributed by atoms with Gasteiger partial charge in [0.2, 0.25) is 0 Å². The molecule has 1 N–H and O–H groups in total. The molecular weight excluding hydrogens is 354 g/mol. The molecule has 4 heteroatoms. The molecule has 2 rings (SSSR count). The first-order valence-electron chi connectivity index (χ1n) is 7.97. The molecule has 23 heavy (non-hydrogen) atoms. The van der Waals surface area contributed by atoms with Crippen molar-refractivity contribution in [1.82, 2.24) is 5.32 Å². The summed E-state index contributed by atoms with van der Waals surface area (Å²) in [7, 11) is 1.69. The Morgan fingerprint density at radius 2 is 1.87 bits per heavy atom. The van der Waals surface area contributed by atoms with Gasteiger partial charge in [-0.3, -0.25) is 0 Å². The van der Waals surface area contributed by atoms with Gasteiger partial charge in [-0.15, -0.1) is 0 Å². The first-order chi connectivity index (χ1) is 11.2. The standard InChI is InChI=1S/C19H24BrNO2/c1-3-12-23-19-9-6-17(20)13-16(19)14-21-11-10-15-4-7-18(22-2)8-5-15/h4-9,13,21H,3,10-12,14H2,1-2H3. The van der Waals surface area contributed by atoms with Crippen molar-refractivity contribution in [2.24, 2.45) is 0 Å². The summed E-state index contributed by atoms with van der Waals surface area (Å²) in [5.41, 5.74) is 2.48. The molecule has 0 aliphatic rings. The van der Waals surface area contributed by atoms with Gasteiger partial charge in [-0.1, -0.05) is 35.0 Å². The van der Waals surface area contributed by atoms with Crippen LogP contribution in [0.3, 0.4) is 0 Å². The summed E-state index contributed by atoms with van der Waals surface area (Å²) in [5, 5.41) is 3.49. The molecule has 3 nitrogen and oxygen atoms in total. The van der Waals surface area contributed by atoms with E-state index in [9.17, 15) is 0 Å². The Labute approximate surface area is 147 Å². The molecule has 0 fully saturated rings. The summed E-state index contributed by atoms with van der Waals surface area (Å²) in [6, 6.07) is 14.4. The quantitative estimate of drug-likeness (QED) is 0.648. The second-order valence-electron chi connectivity index (χ2n) is 5.38. The van der Waals surface area contributed by atoms with E-state index < -0.39 is 0 Å². The second kappa shape index (κ2) is 9.58. The van der Waals surface area contributed by atoms with Crippen molar-refractivity contribution < 1.29 is 9.47 Å². The Kier molecular flexibility index (Phi) is 7.43. The number of hydrogen-bond donors (Lipinski definition) is 1.